The third-order valence-corrected chi connectivity index (χ3v) is 5.68. The third-order valence-electron chi connectivity index (χ3n) is 4.61. The van der Waals surface area contributed by atoms with E-state index in [1.54, 1.807) is 10.6 Å². The Bertz CT molecular complexity index is 923. The molecule has 3 amide bonds. The van der Waals surface area contributed by atoms with Crippen molar-refractivity contribution in [3.8, 4) is 0 Å². The van der Waals surface area contributed by atoms with Crippen molar-refractivity contribution in [2.45, 2.75) is 50.1 Å². The van der Waals surface area contributed by atoms with Crippen LogP contribution in [-0.4, -0.2) is 38.6 Å². The Morgan fingerprint density at radius 2 is 2.07 bits per heavy atom. The number of nitrogens with two attached hydrogens (primary N) is 1. The summed E-state index contributed by atoms with van der Waals surface area (Å²) in [6.45, 7) is 1.64. The van der Waals surface area contributed by atoms with Gasteiger partial charge in [-0.25, -0.2) is 14.3 Å². The van der Waals surface area contributed by atoms with E-state index in [-0.39, 0.29) is 24.0 Å². The second kappa shape index (κ2) is 10.1. The minimum absolute atomic E-state index is 0.0638. The molecule has 0 aliphatic carbocycles. The first-order valence-corrected chi connectivity index (χ1v) is 10.7. The fourth-order valence-corrected chi connectivity index (χ4v) is 4.12. The second-order valence-corrected chi connectivity index (χ2v) is 7.96. The number of aromatic nitrogens is 3. The van der Waals surface area contributed by atoms with Crippen LogP contribution in [0.3, 0.4) is 0 Å². The van der Waals surface area contributed by atoms with E-state index >= 15 is 0 Å². The number of fused-ring (bicyclic) bond motifs is 1. The fraction of sp³-hybridized carbons (Fsp3) is 0.474. The molecule has 0 fully saturated rings. The molecule has 2 heterocycles. The highest BCUT2D eigenvalue weighted by Crippen LogP contribution is 2.27. The number of anilines is 1. The van der Waals surface area contributed by atoms with Crippen LogP contribution in [0.1, 0.15) is 31.5 Å². The average molecular weight is 419 g/mol. The van der Waals surface area contributed by atoms with E-state index in [4.69, 9.17) is 5.73 Å². The highest BCUT2D eigenvalue weighted by atomic mass is 32.2. The van der Waals surface area contributed by atoms with E-state index in [1.165, 1.54) is 16.4 Å². The molecule has 1 aromatic heterocycles. The number of nitrogens with zero attached hydrogens (tertiary/aromatic N) is 3. The summed E-state index contributed by atoms with van der Waals surface area (Å²) >= 11 is 1.47. The summed E-state index contributed by atoms with van der Waals surface area (Å²) in [6, 6.07) is 7.08. The van der Waals surface area contributed by atoms with Gasteiger partial charge in [-0.1, -0.05) is 12.1 Å². The number of hydrogen-bond acceptors (Lipinski definition) is 5. The predicted octanol–water partition coefficient (Wildman–Crippen LogP) is 1.56. The molecular weight excluding hydrogens is 392 g/mol. The summed E-state index contributed by atoms with van der Waals surface area (Å²) in [4.78, 5) is 36.2. The molecule has 0 atom stereocenters. The van der Waals surface area contributed by atoms with Crippen molar-refractivity contribution in [2.75, 3.05) is 17.6 Å². The Balaban J connectivity index is 1.44. The molecule has 10 heteroatoms. The van der Waals surface area contributed by atoms with Crippen molar-refractivity contribution in [3.05, 3.63) is 40.6 Å². The monoisotopic (exact) mass is 418 g/mol. The zero-order valence-corrected chi connectivity index (χ0v) is 17.0. The Kier molecular flexibility index (Phi) is 7.34. The summed E-state index contributed by atoms with van der Waals surface area (Å²) in [5.41, 5.74) is 5.78. The van der Waals surface area contributed by atoms with Crippen LogP contribution in [0.5, 0.6) is 0 Å². The number of thioether (sulfide) groups is 1. The molecular formula is C19H26N6O3S. The minimum atomic E-state index is -0.349. The molecule has 1 aromatic carbocycles. The zero-order chi connectivity index (χ0) is 20.6. The minimum Gasteiger partial charge on any atom is -0.370 e. The van der Waals surface area contributed by atoms with Gasteiger partial charge in [0.15, 0.2) is 0 Å². The van der Waals surface area contributed by atoms with E-state index in [0.717, 1.165) is 36.5 Å². The largest absolute Gasteiger partial charge is 0.370 e. The Labute approximate surface area is 173 Å². The number of amides is 3. The smallest absolute Gasteiger partial charge is 0.345 e. The third kappa shape index (κ3) is 5.86. The maximum atomic E-state index is 12.3. The lowest BCUT2D eigenvalue weighted by Crippen LogP contribution is -2.31. The maximum absolute atomic E-state index is 12.3. The van der Waals surface area contributed by atoms with Gasteiger partial charge in [-0.2, -0.15) is 5.10 Å². The van der Waals surface area contributed by atoms with Crippen LogP contribution in [-0.2, 0) is 24.3 Å². The first-order valence-electron chi connectivity index (χ1n) is 9.76. The first-order chi connectivity index (χ1) is 14.0. The van der Waals surface area contributed by atoms with Crippen molar-refractivity contribution in [1.29, 1.82) is 0 Å². The van der Waals surface area contributed by atoms with Crippen molar-refractivity contribution < 1.29 is 9.59 Å². The Morgan fingerprint density at radius 3 is 2.86 bits per heavy atom. The first kappa shape index (κ1) is 21.0. The topological polar surface area (TPSA) is 124 Å². The summed E-state index contributed by atoms with van der Waals surface area (Å²) in [5, 5.41) is 10.0. The van der Waals surface area contributed by atoms with Gasteiger partial charge in [0.25, 0.3) is 0 Å². The molecule has 29 heavy (non-hydrogen) atoms. The number of carbonyl (C=O) groups is 2. The quantitative estimate of drug-likeness (QED) is 0.421. The van der Waals surface area contributed by atoms with E-state index in [9.17, 15) is 14.4 Å². The van der Waals surface area contributed by atoms with E-state index in [0.29, 0.717) is 31.0 Å². The van der Waals surface area contributed by atoms with E-state index in [1.807, 2.05) is 18.2 Å². The second-order valence-electron chi connectivity index (χ2n) is 6.83. The maximum Gasteiger partial charge on any atom is 0.345 e. The number of urea groups is 1. The van der Waals surface area contributed by atoms with Gasteiger partial charge in [0.2, 0.25) is 5.91 Å². The number of nitrogens with one attached hydrogen (secondary N) is 2. The van der Waals surface area contributed by atoms with Gasteiger partial charge < -0.3 is 16.4 Å². The number of carbonyl (C=O) groups excluding carboxylic acids is 2. The van der Waals surface area contributed by atoms with E-state index < -0.39 is 0 Å². The van der Waals surface area contributed by atoms with Crippen molar-refractivity contribution in [2.24, 2.45) is 5.73 Å². The van der Waals surface area contributed by atoms with Gasteiger partial charge in [-0.15, -0.1) is 11.8 Å². The van der Waals surface area contributed by atoms with Crippen molar-refractivity contribution in [3.63, 3.8) is 0 Å². The molecule has 3 rings (SSSR count). The highest BCUT2D eigenvalue weighted by molar-refractivity contribution is 7.99. The van der Waals surface area contributed by atoms with Gasteiger partial charge >= 0.3 is 11.7 Å². The molecule has 1 aliphatic rings. The SMILES string of the molecule is NC(=O)CCSc1ccccc1NC(=O)NCCCn1nc2n(c1=O)CCCC2. The standard InChI is InChI=1S/C19H26N6O3S/c20-16(26)9-13-29-15-7-2-1-6-14(15)22-18(27)21-10-5-12-25-19(28)24-11-4-3-8-17(24)23-25/h1-2,6-7H,3-5,8-13H2,(H2,20,26)(H2,21,22,27). The van der Waals surface area contributed by atoms with Crippen LogP contribution in [0.2, 0.25) is 0 Å². The summed E-state index contributed by atoms with van der Waals surface area (Å²) in [5.74, 6) is 1.06. The summed E-state index contributed by atoms with van der Waals surface area (Å²) in [7, 11) is 0. The molecule has 0 bridgehead atoms. The Morgan fingerprint density at radius 1 is 1.24 bits per heavy atom. The number of rotatable bonds is 9. The van der Waals surface area contributed by atoms with Crippen LogP contribution in [0.15, 0.2) is 34.0 Å². The van der Waals surface area contributed by atoms with E-state index in [2.05, 4.69) is 15.7 Å². The molecule has 9 nitrogen and oxygen atoms in total. The van der Waals surface area contributed by atoms with Crippen LogP contribution in [0.25, 0.3) is 0 Å². The summed E-state index contributed by atoms with van der Waals surface area (Å²) < 4.78 is 3.24. The zero-order valence-electron chi connectivity index (χ0n) is 16.2. The molecule has 0 saturated carbocycles. The molecule has 4 N–H and O–H groups in total. The molecule has 2 aromatic rings. The van der Waals surface area contributed by atoms with Crippen LogP contribution >= 0.6 is 11.8 Å². The van der Waals surface area contributed by atoms with Gasteiger partial charge in [-0.05, 0) is 31.4 Å². The molecule has 0 radical (unpaired) electrons. The lowest BCUT2D eigenvalue weighted by Gasteiger charge is -2.11. The fourth-order valence-electron chi connectivity index (χ4n) is 3.15. The molecule has 156 valence electrons. The van der Waals surface area contributed by atoms with Gasteiger partial charge in [0.05, 0.1) is 5.69 Å². The van der Waals surface area contributed by atoms with Crippen LogP contribution in [0.4, 0.5) is 10.5 Å². The number of para-hydroxylation sites is 1. The molecule has 0 unspecified atom stereocenters. The van der Waals surface area contributed by atoms with Crippen LogP contribution in [0, 0.1) is 0 Å². The molecule has 1 aliphatic heterocycles. The van der Waals surface area contributed by atoms with Crippen molar-refractivity contribution in [1.82, 2.24) is 19.7 Å². The predicted molar refractivity (Wildman–Crippen MR) is 112 cm³/mol. The number of primary amides is 1. The Hall–Kier alpha value is -2.75. The molecule has 0 spiro atoms. The van der Waals surface area contributed by atoms with Gasteiger partial charge in [0.1, 0.15) is 5.82 Å². The molecule has 0 saturated heterocycles. The van der Waals surface area contributed by atoms with Crippen LogP contribution < -0.4 is 22.1 Å². The highest BCUT2D eigenvalue weighted by Gasteiger charge is 2.16. The van der Waals surface area contributed by atoms with Gasteiger partial charge in [0, 0.05) is 43.1 Å². The number of aryl methyl sites for hydroxylation is 2. The summed E-state index contributed by atoms with van der Waals surface area (Å²) in [6.07, 6.45) is 3.82. The van der Waals surface area contributed by atoms with Crippen molar-refractivity contribution >= 4 is 29.4 Å². The lowest BCUT2D eigenvalue weighted by atomic mass is 10.2. The average Bonchev–Trinajstić information content (AvgIpc) is 3.02. The lowest BCUT2D eigenvalue weighted by molar-refractivity contribution is -0.117. The van der Waals surface area contributed by atoms with Gasteiger partial charge in [-0.3, -0.25) is 9.36 Å². The normalized spacial score (nSPS) is 13.0. The number of hydrogen-bond donors (Lipinski definition) is 3. The number of benzene rings is 1.